The van der Waals surface area contributed by atoms with Gasteiger partial charge in [-0.3, -0.25) is 0 Å². The summed E-state index contributed by atoms with van der Waals surface area (Å²) in [5.41, 5.74) is 2.31. The van der Waals surface area contributed by atoms with E-state index in [4.69, 9.17) is 5.26 Å². The average Bonchev–Trinajstić information content (AvgIpc) is 3.20. The molecule has 0 spiro atoms. The second kappa shape index (κ2) is 9.21. The van der Waals surface area contributed by atoms with E-state index in [-0.39, 0.29) is 0 Å². The van der Waals surface area contributed by atoms with Crippen LogP contribution in [0.3, 0.4) is 0 Å². The van der Waals surface area contributed by atoms with E-state index in [0.29, 0.717) is 10.0 Å². The first-order valence-electron chi connectivity index (χ1n) is 6.66. The van der Waals surface area contributed by atoms with Crippen molar-refractivity contribution >= 4 is 40.6 Å². The van der Waals surface area contributed by atoms with E-state index < -0.39 is 0 Å². The molecular weight excluding hydrogens is 302 g/mol. The van der Waals surface area contributed by atoms with Gasteiger partial charge in [-0.25, -0.2) is 9.97 Å². The van der Waals surface area contributed by atoms with Crippen molar-refractivity contribution in [1.29, 1.82) is 5.26 Å². The van der Waals surface area contributed by atoms with Crippen LogP contribution in [0.25, 0.3) is 0 Å². The minimum absolute atomic E-state index is 0.596. The Kier molecular flexibility index (Phi) is 7.58. The van der Waals surface area contributed by atoms with E-state index in [2.05, 4.69) is 39.3 Å². The predicted molar refractivity (Wildman–Crippen MR) is 92.8 cm³/mol. The van der Waals surface area contributed by atoms with Gasteiger partial charge in [0.25, 0.3) is 0 Å². The van der Waals surface area contributed by atoms with Crippen LogP contribution in [0.1, 0.15) is 24.3 Å². The minimum atomic E-state index is 0.596. The molecule has 5 nitrogen and oxygen atoms in total. The number of thiol groups is 1. The zero-order valence-corrected chi connectivity index (χ0v) is 14.1. The molecule has 2 aromatic rings. The van der Waals surface area contributed by atoms with Crippen molar-refractivity contribution in [3.63, 3.8) is 0 Å². The third-order valence-corrected chi connectivity index (χ3v) is 3.40. The number of anilines is 3. The fourth-order valence-electron chi connectivity index (χ4n) is 1.83. The number of thiazole rings is 1. The Labute approximate surface area is 134 Å². The summed E-state index contributed by atoms with van der Waals surface area (Å²) in [6.07, 6.45) is 5.98. The Morgan fingerprint density at radius 2 is 2.14 bits per heavy atom. The van der Waals surface area contributed by atoms with Crippen LogP contribution in [-0.4, -0.2) is 22.8 Å². The molecule has 0 atom stereocenters. The van der Waals surface area contributed by atoms with Gasteiger partial charge >= 0.3 is 0 Å². The molecule has 3 rings (SSSR count). The summed E-state index contributed by atoms with van der Waals surface area (Å²) in [6, 6.07) is 4.04. The van der Waals surface area contributed by atoms with Gasteiger partial charge in [-0.1, -0.05) is 25.2 Å². The maximum absolute atomic E-state index is 8.74. The minimum Gasteiger partial charge on any atom is -0.384 e. The van der Waals surface area contributed by atoms with Gasteiger partial charge in [0.2, 0.25) is 0 Å². The van der Waals surface area contributed by atoms with Gasteiger partial charge in [0.1, 0.15) is 16.8 Å². The summed E-state index contributed by atoms with van der Waals surface area (Å²) in [5.74, 6) is 0.825. The van der Waals surface area contributed by atoms with E-state index in [1.807, 2.05) is 19.9 Å². The van der Waals surface area contributed by atoms with Gasteiger partial charge in [0, 0.05) is 24.0 Å². The molecule has 1 aliphatic rings. The summed E-state index contributed by atoms with van der Waals surface area (Å²) >= 11 is 4.86. The molecular formula is C14H19N5S2. The standard InChI is InChI=1S/C11H9N5S.C2H6.CH4S/c12-5-7-6-15-11(17-7)16-10-8-1-3-13-9(8)2-4-14-10;2*1-2/h2,4,6,13H,1,3H2,(H,14,15,16);1-2H3;2H,1H3. The van der Waals surface area contributed by atoms with Gasteiger partial charge in [0.05, 0.1) is 6.20 Å². The smallest absolute Gasteiger partial charge is 0.189 e. The van der Waals surface area contributed by atoms with Crippen molar-refractivity contribution < 1.29 is 0 Å². The lowest BCUT2D eigenvalue weighted by atomic mass is 10.2. The topological polar surface area (TPSA) is 73.6 Å². The molecule has 0 saturated carbocycles. The lowest BCUT2D eigenvalue weighted by Gasteiger charge is -2.06. The first-order chi connectivity index (χ1) is 10.4. The Balaban J connectivity index is 0.000000510. The number of fused-ring (bicyclic) bond motifs is 1. The molecule has 3 heterocycles. The van der Waals surface area contributed by atoms with Crippen molar-refractivity contribution in [2.24, 2.45) is 0 Å². The Hall–Kier alpha value is -1.78. The maximum Gasteiger partial charge on any atom is 0.189 e. The van der Waals surface area contributed by atoms with Gasteiger partial charge < -0.3 is 10.6 Å². The van der Waals surface area contributed by atoms with Crippen molar-refractivity contribution in [3.05, 3.63) is 28.9 Å². The highest BCUT2D eigenvalue weighted by molar-refractivity contribution is 7.79. The SMILES string of the molecule is CC.CS.N#Cc1cnc(Nc2nccc3c2CCN3)s1. The van der Waals surface area contributed by atoms with Crippen LogP contribution >= 0.6 is 24.0 Å². The van der Waals surface area contributed by atoms with E-state index in [0.717, 1.165) is 24.5 Å². The number of nitrogens with zero attached hydrogens (tertiary/aromatic N) is 3. The molecule has 0 aromatic carbocycles. The van der Waals surface area contributed by atoms with Crippen molar-refractivity contribution in [2.75, 3.05) is 23.4 Å². The summed E-state index contributed by atoms with van der Waals surface area (Å²) < 4.78 is 0. The normalized spacial score (nSPS) is 10.8. The molecule has 0 amide bonds. The van der Waals surface area contributed by atoms with Crippen LogP contribution in [-0.2, 0) is 6.42 Å². The molecule has 21 heavy (non-hydrogen) atoms. The quantitative estimate of drug-likeness (QED) is 0.736. The summed E-state index contributed by atoms with van der Waals surface area (Å²) in [6.45, 7) is 4.94. The number of rotatable bonds is 2. The first-order valence-corrected chi connectivity index (χ1v) is 8.37. The second-order valence-corrected chi connectivity index (χ2v) is 4.66. The zero-order valence-electron chi connectivity index (χ0n) is 12.3. The number of pyridine rings is 1. The van der Waals surface area contributed by atoms with E-state index in [1.54, 1.807) is 18.6 Å². The van der Waals surface area contributed by atoms with Crippen LogP contribution in [0.4, 0.5) is 16.6 Å². The Morgan fingerprint density at radius 3 is 2.81 bits per heavy atom. The number of hydrogen-bond donors (Lipinski definition) is 3. The third-order valence-electron chi connectivity index (χ3n) is 2.59. The van der Waals surface area contributed by atoms with Crippen LogP contribution in [0.15, 0.2) is 18.5 Å². The van der Waals surface area contributed by atoms with Gasteiger partial charge in [-0.05, 0) is 18.7 Å². The van der Waals surface area contributed by atoms with Gasteiger partial charge in [-0.15, -0.1) is 0 Å². The number of hydrogen-bond acceptors (Lipinski definition) is 7. The van der Waals surface area contributed by atoms with Crippen molar-refractivity contribution in [1.82, 2.24) is 9.97 Å². The third kappa shape index (κ3) is 4.34. The van der Waals surface area contributed by atoms with Crippen LogP contribution in [0.5, 0.6) is 0 Å². The maximum atomic E-state index is 8.74. The van der Waals surface area contributed by atoms with Crippen LogP contribution < -0.4 is 10.6 Å². The monoisotopic (exact) mass is 321 g/mol. The van der Waals surface area contributed by atoms with E-state index in [1.165, 1.54) is 16.9 Å². The van der Waals surface area contributed by atoms with Crippen molar-refractivity contribution in [3.8, 4) is 6.07 Å². The molecule has 7 heteroatoms. The van der Waals surface area contributed by atoms with Crippen molar-refractivity contribution in [2.45, 2.75) is 20.3 Å². The van der Waals surface area contributed by atoms with Gasteiger partial charge in [-0.2, -0.15) is 17.9 Å². The summed E-state index contributed by atoms with van der Waals surface area (Å²) in [5, 5.41) is 15.9. The van der Waals surface area contributed by atoms with E-state index >= 15 is 0 Å². The molecule has 0 aliphatic carbocycles. The first kappa shape index (κ1) is 17.3. The highest BCUT2D eigenvalue weighted by atomic mass is 32.1. The molecule has 0 bridgehead atoms. The molecule has 0 saturated heterocycles. The molecule has 0 unspecified atom stereocenters. The fourth-order valence-corrected chi connectivity index (χ4v) is 2.44. The van der Waals surface area contributed by atoms with Gasteiger partial charge in [0.15, 0.2) is 5.13 Å². The number of nitriles is 1. The van der Waals surface area contributed by atoms with Crippen LogP contribution in [0, 0.1) is 11.3 Å². The van der Waals surface area contributed by atoms with Crippen LogP contribution in [0.2, 0.25) is 0 Å². The molecule has 1 aliphatic heterocycles. The molecule has 2 aromatic heterocycles. The number of aromatic nitrogens is 2. The second-order valence-electron chi connectivity index (χ2n) is 3.63. The highest BCUT2D eigenvalue weighted by Crippen LogP contribution is 2.30. The fraction of sp³-hybridized carbons (Fsp3) is 0.357. The lowest BCUT2D eigenvalue weighted by Crippen LogP contribution is -1.96. The predicted octanol–water partition coefficient (Wildman–Crippen LogP) is 3.69. The molecule has 2 N–H and O–H groups in total. The lowest BCUT2D eigenvalue weighted by molar-refractivity contribution is 1.09. The average molecular weight is 321 g/mol. The summed E-state index contributed by atoms with van der Waals surface area (Å²) in [7, 11) is 0. The molecule has 112 valence electrons. The molecule has 0 radical (unpaired) electrons. The summed E-state index contributed by atoms with van der Waals surface area (Å²) in [4.78, 5) is 9.04. The Bertz CT molecular complexity index is 604. The highest BCUT2D eigenvalue weighted by Gasteiger charge is 2.15. The largest absolute Gasteiger partial charge is 0.384 e. The number of nitrogens with one attached hydrogen (secondary N) is 2. The zero-order chi connectivity index (χ0) is 15.7. The molecule has 0 fully saturated rings. The Morgan fingerprint density at radius 1 is 1.38 bits per heavy atom. The van der Waals surface area contributed by atoms with E-state index in [9.17, 15) is 0 Å².